The van der Waals surface area contributed by atoms with Crippen LogP contribution in [0.4, 0.5) is 0 Å². The van der Waals surface area contributed by atoms with Crippen molar-refractivity contribution in [3.63, 3.8) is 0 Å². The van der Waals surface area contributed by atoms with E-state index in [1.807, 2.05) is 0 Å². The fourth-order valence-electron chi connectivity index (χ4n) is 2.10. The van der Waals surface area contributed by atoms with Crippen LogP contribution in [0.3, 0.4) is 0 Å². The number of rotatable bonds is 2. The highest BCUT2D eigenvalue weighted by atomic mass is 16.5. The number of carbonyl (C=O) groups excluding carboxylic acids is 1. The fraction of sp³-hybridized carbons (Fsp3) is 0.385. The lowest BCUT2D eigenvalue weighted by atomic mass is 10.1. The molecule has 0 spiro atoms. The van der Waals surface area contributed by atoms with E-state index in [-0.39, 0.29) is 23.0 Å². The van der Waals surface area contributed by atoms with Gasteiger partial charge in [-0.05, 0) is 12.1 Å². The molecule has 1 saturated heterocycles. The molecule has 1 aliphatic rings. The molecule has 1 fully saturated rings. The summed E-state index contributed by atoms with van der Waals surface area (Å²) in [4.78, 5) is 13.9. The van der Waals surface area contributed by atoms with Gasteiger partial charge >= 0.3 is 0 Å². The van der Waals surface area contributed by atoms with Crippen molar-refractivity contribution in [1.82, 2.24) is 4.90 Å². The van der Waals surface area contributed by atoms with Crippen molar-refractivity contribution in [2.45, 2.75) is 12.8 Å². The van der Waals surface area contributed by atoms with Gasteiger partial charge in [-0.2, -0.15) is 0 Å². The van der Waals surface area contributed by atoms with Gasteiger partial charge in [0.1, 0.15) is 0 Å². The van der Waals surface area contributed by atoms with E-state index in [0.717, 1.165) is 0 Å². The number of para-hydroxylation sites is 1. The number of piperidine rings is 1. The molecule has 6 heteroatoms. The van der Waals surface area contributed by atoms with Crippen LogP contribution in [0, 0.1) is 0 Å². The van der Waals surface area contributed by atoms with Crippen molar-refractivity contribution in [2.75, 3.05) is 20.2 Å². The highest BCUT2D eigenvalue weighted by molar-refractivity contribution is 5.98. The molecule has 0 radical (unpaired) electrons. The van der Waals surface area contributed by atoms with Crippen LogP contribution in [-0.2, 0) is 0 Å². The number of phenols is 1. The summed E-state index contributed by atoms with van der Waals surface area (Å²) in [6.07, 6.45) is 1.10. The third-order valence-corrected chi connectivity index (χ3v) is 3.22. The minimum atomic E-state index is -0.242. The Morgan fingerprint density at radius 1 is 1.37 bits per heavy atom. The number of phenolic OH excluding ortho intramolecular Hbond substituents is 1. The number of carbonyl (C=O) groups is 1. The first-order valence-corrected chi connectivity index (χ1v) is 6.02. The largest absolute Gasteiger partial charge is 0.504 e. The Hall–Kier alpha value is -2.24. The van der Waals surface area contributed by atoms with Crippen LogP contribution in [0.25, 0.3) is 0 Å². The smallest absolute Gasteiger partial charge is 0.257 e. The maximum absolute atomic E-state index is 12.3. The number of nitrogens with zero attached hydrogens (tertiary/aromatic N) is 2. The Bertz CT molecular complexity index is 503. The first kappa shape index (κ1) is 13.2. The Balaban J connectivity index is 2.17. The maximum atomic E-state index is 12.3. The molecule has 6 nitrogen and oxygen atoms in total. The van der Waals surface area contributed by atoms with Crippen LogP contribution in [-0.4, -0.2) is 47.0 Å². The molecule has 0 aromatic heterocycles. The van der Waals surface area contributed by atoms with Crippen molar-refractivity contribution in [2.24, 2.45) is 5.16 Å². The Morgan fingerprint density at radius 2 is 2.05 bits per heavy atom. The Labute approximate surface area is 110 Å². The van der Waals surface area contributed by atoms with Crippen molar-refractivity contribution >= 4 is 11.6 Å². The van der Waals surface area contributed by atoms with Crippen LogP contribution >= 0.6 is 0 Å². The van der Waals surface area contributed by atoms with Gasteiger partial charge < -0.3 is 20.0 Å². The lowest BCUT2D eigenvalue weighted by Crippen LogP contribution is -2.38. The molecule has 1 aromatic rings. The third kappa shape index (κ3) is 2.62. The molecular formula is C13H16N2O4. The summed E-state index contributed by atoms with van der Waals surface area (Å²) < 4.78 is 4.98. The molecule has 1 aromatic carbocycles. The summed E-state index contributed by atoms with van der Waals surface area (Å²) in [5.41, 5.74) is 0.919. The number of amides is 1. The zero-order chi connectivity index (χ0) is 13.8. The van der Waals surface area contributed by atoms with Gasteiger partial charge in [0.25, 0.3) is 5.91 Å². The summed E-state index contributed by atoms with van der Waals surface area (Å²) >= 11 is 0. The van der Waals surface area contributed by atoms with E-state index >= 15 is 0 Å². The predicted molar refractivity (Wildman–Crippen MR) is 69.0 cm³/mol. The molecule has 0 atom stereocenters. The number of oxime groups is 1. The molecule has 0 bridgehead atoms. The van der Waals surface area contributed by atoms with E-state index in [2.05, 4.69) is 5.16 Å². The van der Waals surface area contributed by atoms with Crippen LogP contribution in [0.5, 0.6) is 11.5 Å². The quantitative estimate of drug-likeness (QED) is 0.626. The molecule has 1 amide bonds. The first-order chi connectivity index (χ1) is 9.17. The zero-order valence-corrected chi connectivity index (χ0v) is 10.7. The van der Waals surface area contributed by atoms with Gasteiger partial charge in [0.15, 0.2) is 11.5 Å². The highest BCUT2D eigenvalue weighted by Crippen LogP contribution is 2.30. The zero-order valence-electron chi connectivity index (χ0n) is 10.7. The minimum Gasteiger partial charge on any atom is -0.504 e. The van der Waals surface area contributed by atoms with Gasteiger partial charge in [0.05, 0.1) is 18.4 Å². The monoisotopic (exact) mass is 264 g/mol. The molecule has 19 heavy (non-hydrogen) atoms. The second kappa shape index (κ2) is 5.60. The highest BCUT2D eigenvalue weighted by Gasteiger charge is 2.24. The van der Waals surface area contributed by atoms with E-state index in [0.29, 0.717) is 31.6 Å². The topological polar surface area (TPSA) is 82.4 Å². The summed E-state index contributed by atoms with van der Waals surface area (Å²) in [7, 11) is 1.44. The number of hydrogen-bond acceptors (Lipinski definition) is 5. The number of aromatic hydroxyl groups is 1. The van der Waals surface area contributed by atoms with Crippen molar-refractivity contribution in [3.8, 4) is 11.5 Å². The predicted octanol–water partition coefficient (Wildman–Crippen LogP) is 1.47. The summed E-state index contributed by atoms with van der Waals surface area (Å²) in [5, 5.41) is 21.8. The second-order valence-corrected chi connectivity index (χ2v) is 4.31. The lowest BCUT2D eigenvalue weighted by Gasteiger charge is -2.27. The van der Waals surface area contributed by atoms with Crippen LogP contribution < -0.4 is 4.74 Å². The number of ether oxygens (including phenoxy) is 1. The number of hydrogen-bond donors (Lipinski definition) is 2. The van der Waals surface area contributed by atoms with E-state index < -0.39 is 0 Å². The molecule has 2 rings (SSSR count). The molecule has 0 saturated carbocycles. The van der Waals surface area contributed by atoms with Crippen LogP contribution in [0.2, 0.25) is 0 Å². The molecule has 0 unspecified atom stereocenters. The standard InChI is InChI=1S/C13H16N2O4/c1-19-11-4-2-3-10(12(11)16)13(17)15-7-5-9(14-18)6-8-15/h2-4,16,18H,5-8H2,1H3. The Kier molecular flexibility index (Phi) is 3.89. The minimum absolute atomic E-state index is 0.142. The normalized spacial score (nSPS) is 15.2. The molecule has 1 aliphatic heterocycles. The van der Waals surface area contributed by atoms with Crippen LogP contribution in [0.15, 0.2) is 23.4 Å². The van der Waals surface area contributed by atoms with Gasteiger partial charge in [0.2, 0.25) is 0 Å². The number of methoxy groups -OCH3 is 1. The van der Waals surface area contributed by atoms with Crippen LogP contribution in [0.1, 0.15) is 23.2 Å². The van der Waals surface area contributed by atoms with Gasteiger partial charge in [-0.3, -0.25) is 4.79 Å². The van der Waals surface area contributed by atoms with Crippen molar-refractivity contribution in [1.29, 1.82) is 0 Å². The molecule has 102 valence electrons. The van der Waals surface area contributed by atoms with Crippen molar-refractivity contribution < 1.29 is 19.8 Å². The van der Waals surface area contributed by atoms with E-state index in [9.17, 15) is 9.90 Å². The summed E-state index contributed by atoms with van der Waals surface area (Å²) in [5.74, 6) is -0.106. The van der Waals surface area contributed by atoms with Gasteiger partial charge in [-0.1, -0.05) is 11.2 Å². The Morgan fingerprint density at radius 3 is 2.63 bits per heavy atom. The average Bonchev–Trinajstić information content (AvgIpc) is 2.47. The van der Waals surface area contributed by atoms with Gasteiger partial charge in [-0.15, -0.1) is 0 Å². The maximum Gasteiger partial charge on any atom is 0.257 e. The van der Waals surface area contributed by atoms with E-state index in [1.54, 1.807) is 23.1 Å². The van der Waals surface area contributed by atoms with Gasteiger partial charge in [-0.25, -0.2) is 0 Å². The fourth-order valence-corrected chi connectivity index (χ4v) is 2.10. The third-order valence-electron chi connectivity index (χ3n) is 3.22. The summed E-state index contributed by atoms with van der Waals surface area (Å²) in [6, 6.07) is 4.82. The SMILES string of the molecule is COc1cccc(C(=O)N2CCC(=NO)CC2)c1O. The summed E-state index contributed by atoms with van der Waals surface area (Å²) in [6.45, 7) is 0.962. The van der Waals surface area contributed by atoms with E-state index in [4.69, 9.17) is 9.94 Å². The average molecular weight is 264 g/mol. The van der Waals surface area contributed by atoms with Gasteiger partial charge in [0, 0.05) is 25.9 Å². The first-order valence-electron chi connectivity index (χ1n) is 6.02. The van der Waals surface area contributed by atoms with E-state index in [1.165, 1.54) is 7.11 Å². The molecule has 1 heterocycles. The number of likely N-dealkylation sites (tertiary alicyclic amines) is 1. The lowest BCUT2D eigenvalue weighted by molar-refractivity contribution is 0.0750. The molecule has 0 aliphatic carbocycles. The second-order valence-electron chi connectivity index (χ2n) is 4.31. The number of benzene rings is 1. The molecular weight excluding hydrogens is 248 g/mol. The van der Waals surface area contributed by atoms with Crippen molar-refractivity contribution in [3.05, 3.63) is 23.8 Å². The molecule has 2 N–H and O–H groups in total.